The number of hydrogen-bond donors (Lipinski definition) is 0. The summed E-state index contributed by atoms with van der Waals surface area (Å²) in [6.45, 7) is 5.26. The topological polar surface area (TPSA) is 3.24 Å². The molecule has 0 saturated carbocycles. The van der Waals surface area contributed by atoms with E-state index in [1.54, 1.807) is 0 Å². The first kappa shape index (κ1) is 13.3. The summed E-state index contributed by atoms with van der Waals surface area (Å²) in [5.74, 6) is 0. The van der Waals surface area contributed by atoms with Crippen molar-refractivity contribution < 1.29 is 0 Å². The van der Waals surface area contributed by atoms with Gasteiger partial charge in [-0.15, -0.1) is 0 Å². The molecule has 18 heavy (non-hydrogen) atoms. The molecule has 0 bridgehead atoms. The highest BCUT2D eigenvalue weighted by Crippen LogP contribution is 2.14. The third-order valence-electron chi connectivity index (χ3n) is 2.99. The first-order valence-corrected chi connectivity index (χ1v) is 7.08. The first-order chi connectivity index (χ1) is 8.78. The maximum absolute atomic E-state index is 3.52. The highest BCUT2D eigenvalue weighted by molar-refractivity contribution is 9.10. The van der Waals surface area contributed by atoms with Crippen LogP contribution in [0.4, 0.5) is 0 Å². The minimum absolute atomic E-state index is 0.991. The molecule has 0 fully saturated rings. The highest BCUT2D eigenvalue weighted by atomic mass is 79.9. The van der Waals surface area contributed by atoms with E-state index in [2.05, 4.69) is 82.4 Å². The Hall–Kier alpha value is -1.12. The molecule has 0 aliphatic rings. The number of halogens is 1. The Bertz CT molecular complexity index is 481. The lowest BCUT2D eigenvalue weighted by Crippen LogP contribution is -2.22. The predicted octanol–water partition coefficient (Wildman–Crippen LogP) is 4.47. The van der Waals surface area contributed by atoms with Crippen LogP contribution in [0.1, 0.15) is 18.1 Å². The average Bonchev–Trinajstić information content (AvgIpc) is 2.39. The molecule has 0 heterocycles. The molecule has 2 heteroatoms. The largest absolute Gasteiger partial charge is 0.295 e. The van der Waals surface area contributed by atoms with E-state index in [1.807, 2.05) is 0 Å². The number of hydrogen-bond acceptors (Lipinski definition) is 1. The third-order valence-corrected chi connectivity index (χ3v) is 3.48. The molecule has 1 nitrogen and oxygen atoms in total. The van der Waals surface area contributed by atoms with E-state index in [0.29, 0.717) is 0 Å². The summed E-state index contributed by atoms with van der Waals surface area (Å²) < 4.78 is 1.15. The monoisotopic (exact) mass is 303 g/mol. The highest BCUT2D eigenvalue weighted by Gasteiger charge is 2.04. The molecule has 0 atom stereocenters. The van der Waals surface area contributed by atoms with Crippen molar-refractivity contribution in [3.05, 3.63) is 70.2 Å². The van der Waals surface area contributed by atoms with Crippen molar-refractivity contribution in [1.29, 1.82) is 0 Å². The molecule has 0 aromatic heterocycles. The van der Waals surface area contributed by atoms with E-state index in [9.17, 15) is 0 Å². The fourth-order valence-electron chi connectivity index (χ4n) is 2.01. The minimum Gasteiger partial charge on any atom is -0.295 e. The fraction of sp³-hybridized carbons (Fsp3) is 0.250. The standard InChI is InChI=1S/C16H18BrN/c1-2-18(12-14-7-4-3-5-8-14)13-15-9-6-10-16(17)11-15/h3-11H,2,12-13H2,1H3. The van der Waals surface area contributed by atoms with Crippen LogP contribution in [0, 0.1) is 0 Å². The second-order valence-corrected chi connectivity index (χ2v) is 5.33. The number of rotatable bonds is 5. The molecule has 0 radical (unpaired) electrons. The molecule has 0 spiro atoms. The van der Waals surface area contributed by atoms with Crippen molar-refractivity contribution in [3.63, 3.8) is 0 Å². The van der Waals surface area contributed by atoms with Gasteiger partial charge in [-0.25, -0.2) is 0 Å². The smallest absolute Gasteiger partial charge is 0.0237 e. The molecule has 0 unspecified atom stereocenters. The second-order valence-electron chi connectivity index (χ2n) is 4.42. The lowest BCUT2D eigenvalue weighted by atomic mass is 10.1. The zero-order chi connectivity index (χ0) is 12.8. The van der Waals surface area contributed by atoms with Crippen molar-refractivity contribution in [1.82, 2.24) is 4.90 Å². The van der Waals surface area contributed by atoms with E-state index < -0.39 is 0 Å². The summed E-state index contributed by atoms with van der Waals surface area (Å²) >= 11 is 3.52. The van der Waals surface area contributed by atoms with E-state index >= 15 is 0 Å². The molecule has 0 aliphatic heterocycles. The summed E-state index contributed by atoms with van der Waals surface area (Å²) in [7, 11) is 0. The minimum atomic E-state index is 0.991. The summed E-state index contributed by atoms with van der Waals surface area (Å²) in [5.41, 5.74) is 2.72. The van der Waals surface area contributed by atoms with Gasteiger partial charge in [-0.3, -0.25) is 4.90 Å². The van der Waals surface area contributed by atoms with E-state index in [0.717, 1.165) is 24.1 Å². The Morgan fingerprint density at radius 3 is 2.22 bits per heavy atom. The van der Waals surface area contributed by atoms with Crippen LogP contribution in [-0.2, 0) is 13.1 Å². The summed E-state index contributed by atoms with van der Waals surface area (Å²) in [5, 5.41) is 0. The van der Waals surface area contributed by atoms with Crippen LogP contribution in [0.5, 0.6) is 0 Å². The quantitative estimate of drug-likeness (QED) is 0.787. The average molecular weight is 304 g/mol. The lowest BCUT2D eigenvalue weighted by molar-refractivity contribution is 0.271. The first-order valence-electron chi connectivity index (χ1n) is 6.28. The van der Waals surface area contributed by atoms with Crippen molar-refractivity contribution in [3.8, 4) is 0 Å². The van der Waals surface area contributed by atoms with Crippen LogP contribution in [0.15, 0.2) is 59.1 Å². The Morgan fingerprint density at radius 2 is 1.56 bits per heavy atom. The Kier molecular flexibility index (Phi) is 4.97. The maximum Gasteiger partial charge on any atom is 0.0237 e. The molecule has 94 valence electrons. The molecule has 2 aromatic carbocycles. The fourth-order valence-corrected chi connectivity index (χ4v) is 2.46. The zero-order valence-corrected chi connectivity index (χ0v) is 12.2. The van der Waals surface area contributed by atoms with Gasteiger partial charge in [-0.1, -0.05) is 65.3 Å². The molecular formula is C16H18BrN. The molecular weight excluding hydrogens is 286 g/mol. The Labute approximate surface area is 118 Å². The Balaban J connectivity index is 2.01. The summed E-state index contributed by atoms with van der Waals surface area (Å²) in [4.78, 5) is 2.44. The van der Waals surface area contributed by atoms with Gasteiger partial charge in [0, 0.05) is 17.6 Å². The van der Waals surface area contributed by atoms with Gasteiger partial charge < -0.3 is 0 Å². The summed E-state index contributed by atoms with van der Waals surface area (Å²) in [6, 6.07) is 19.2. The van der Waals surface area contributed by atoms with Gasteiger partial charge in [-0.2, -0.15) is 0 Å². The van der Waals surface area contributed by atoms with E-state index in [-0.39, 0.29) is 0 Å². The van der Waals surface area contributed by atoms with Crippen LogP contribution >= 0.6 is 15.9 Å². The second kappa shape index (κ2) is 6.72. The van der Waals surface area contributed by atoms with Crippen LogP contribution in [0.2, 0.25) is 0 Å². The van der Waals surface area contributed by atoms with Gasteiger partial charge in [0.15, 0.2) is 0 Å². The van der Waals surface area contributed by atoms with Crippen molar-refractivity contribution in [2.45, 2.75) is 20.0 Å². The normalized spacial score (nSPS) is 10.8. The van der Waals surface area contributed by atoms with Gasteiger partial charge in [0.2, 0.25) is 0 Å². The van der Waals surface area contributed by atoms with Gasteiger partial charge in [0.25, 0.3) is 0 Å². The molecule has 2 aromatic rings. The maximum atomic E-state index is 3.52. The Morgan fingerprint density at radius 1 is 0.889 bits per heavy atom. The molecule has 0 amide bonds. The third kappa shape index (κ3) is 3.97. The zero-order valence-electron chi connectivity index (χ0n) is 10.6. The van der Waals surface area contributed by atoms with Crippen molar-refractivity contribution in [2.75, 3.05) is 6.54 Å². The molecule has 2 rings (SSSR count). The SMILES string of the molecule is CCN(Cc1ccccc1)Cc1cccc(Br)c1. The van der Waals surface area contributed by atoms with Crippen LogP contribution in [0.3, 0.4) is 0 Å². The van der Waals surface area contributed by atoms with Gasteiger partial charge in [0.05, 0.1) is 0 Å². The molecule has 0 aliphatic carbocycles. The number of benzene rings is 2. The lowest BCUT2D eigenvalue weighted by Gasteiger charge is -2.20. The van der Waals surface area contributed by atoms with Crippen molar-refractivity contribution >= 4 is 15.9 Å². The predicted molar refractivity (Wildman–Crippen MR) is 80.4 cm³/mol. The van der Waals surface area contributed by atoms with E-state index in [1.165, 1.54) is 11.1 Å². The number of nitrogens with zero attached hydrogens (tertiary/aromatic N) is 1. The van der Waals surface area contributed by atoms with Crippen LogP contribution < -0.4 is 0 Å². The van der Waals surface area contributed by atoms with Gasteiger partial charge in [-0.05, 0) is 29.8 Å². The molecule has 0 N–H and O–H groups in total. The van der Waals surface area contributed by atoms with Gasteiger partial charge >= 0.3 is 0 Å². The summed E-state index contributed by atoms with van der Waals surface area (Å²) in [6.07, 6.45) is 0. The van der Waals surface area contributed by atoms with E-state index in [4.69, 9.17) is 0 Å². The molecule has 0 saturated heterocycles. The van der Waals surface area contributed by atoms with Crippen LogP contribution in [-0.4, -0.2) is 11.4 Å². The van der Waals surface area contributed by atoms with Crippen molar-refractivity contribution in [2.24, 2.45) is 0 Å². The van der Waals surface area contributed by atoms with Crippen LogP contribution in [0.25, 0.3) is 0 Å². The van der Waals surface area contributed by atoms with Gasteiger partial charge in [0.1, 0.15) is 0 Å².